The van der Waals surface area contributed by atoms with Crippen molar-refractivity contribution >= 4 is 17.3 Å². The molecular weight excluding hydrogens is 410 g/mol. The fourth-order valence-corrected chi connectivity index (χ4v) is 3.75. The largest absolute Gasteiger partial charge is 0.369 e. The Morgan fingerprint density at radius 1 is 0.938 bits per heavy atom. The lowest BCUT2D eigenvalue weighted by atomic mass is 10.1. The predicted octanol–water partition coefficient (Wildman–Crippen LogP) is 4.41. The van der Waals surface area contributed by atoms with E-state index in [9.17, 15) is 13.6 Å². The molecule has 32 heavy (non-hydrogen) atoms. The second kappa shape index (κ2) is 9.58. The highest BCUT2D eigenvalue weighted by Gasteiger charge is 2.19. The predicted molar refractivity (Wildman–Crippen MR) is 119 cm³/mol. The lowest BCUT2D eigenvalue weighted by molar-refractivity contribution is 0.102. The number of rotatable bonds is 5. The molecule has 0 unspecified atom stereocenters. The maximum Gasteiger partial charge on any atom is 0.258 e. The van der Waals surface area contributed by atoms with Crippen molar-refractivity contribution in [1.29, 1.82) is 5.26 Å². The molecule has 0 aromatic heterocycles. The van der Waals surface area contributed by atoms with Crippen LogP contribution in [-0.4, -0.2) is 37.0 Å². The minimum atomic E-state index is -0.730. The van der Waals surface area contributed by atoms with Gasteiger partial charge in [-0.2, -0.15) is 5.26 Å². The van der Waals surface area contributed by atoms with Crippen LogP contribution < -0.4 is 10.2 Å². The second-order valence-corrected chi connectivity index (χ2v) is 7.66. The number of benzene rings is 3. The molecule has 5 nitrogen and oxygen atoms in total. The van der Waals surface area contributed by atoms with Crippen LogP contribution in [0.25, 0.3) is 0 Å². The molecule has 3 aromatic rings. The van der Waals surface area contributed by atoms with Crippen molar-refractivity contribution in [3.05, 3.63) is 95.1 Å². The summed E-state index contributed by atoms with van der Waals surface area (Å²) in [5.74, 6) is -1.47. The number of nitriles is 1. The molecular formula is C25H22F2N4O. The lowest BCUT2D eigenvalue weighted by Gasteiger charge is -2.36. The molecule has 1 aliphatic heterocycles. The maximum atomic E-state index is 14.0. The number of amides is 1. The summed E-state index contributed by atoms with van der Waals surface area (Å²) in [4.78, 5) is 16.8. The van der Waals surface area contributed by atoms with Gasteiger partial charge in [0.25, 0.3) is 5.91 Å². The highest BCUT2D eigenvalue weighted by Crippen LogP contribution is 2.21. The van der Waals surface area contributed by atoms with E-state index >= 15 is 0 Å². The molecule has 1 fully saturated rings. The van der Waals surface area contributed by atoms with Crippen LogP contribution in [0, 0.1) is 23.0 Å². The van der Waals surface area contributed by atoms with Gasteiger partial charge in [0.15, 0.2) is 0 Å². The monoisotopic (exact) mass is 432 g/mol. The number of carbonyl (C=O) groups is 1. The minimum Gasteiger partial charge on any atom is -0.369 e. The Kier molecular flexibility index (Phi) is 6.43. The molecule has 1 amide bonds. The van der Waals surface area contributed by atoms with E-state index in [-0.39, 0.29) is 16.9 Å². The number of hydrogen-bond donors (Lipinski definition) is 1. The van der Waals surface area contributed by atoms with E-state index in [0.717, 1.165) is 37.9 Å². The summed E-state index contributed by atoms with van der Waals surface area (Å²) in [6, 6.07) is 19.8. The first kappa shape index (κ1) is 21.5. The van der Waals surface area contributed by atoms with Gasteiger partial charge in [0.2, 0.25) is 0 Å². The van der Waals surface area contributed by atoms with E-state index in [2.05, 4.69) is 15.1 Å². The molecule has 162 valence electrons. The Hall–Kier alpha value is -3.76. The first-order valence-electron chi connectivity index (χ1n) is 10.4. The zero-order valence-electron chi connectivity index (χ0n) is 17.4. The third kappa shape index (κ3) is 4.93. The van der Waals surface area contributed by atoms with Crippen LogP contribution in [0.2, 0.25) is 0 Å². The van der Waals surface area contributed by atoms with Crippen molar-refractivity contribution in [2.75, 3.05) is 36.4 Å². The van der Waals surface area contributed by atoms with Gasteiger partial charge in [0.1, 0.15) is 11.6 Å². The third-order valence-electron chi connectivity index (χ3n) is 5.56. The van der Waals surface area contributed by atoms with Crippen LogP contribution in [0.5, 0.6) is 0 Å². The number of halogens is 2. The summed E-state index contributed by atoms with van der Waals surface area (Å²) in [7, 11) is 0. The van der Waals surface area contributed by atoms with Gasteiger partial charge in [-0.1, -0.05) is 18.2 Å². The van der Waals surface area contributed by atoms with Crippen molar-refractivity contribution in [2.24, 2.45) is 0 Å². The molecule has 1 N–H and O–H groups in total. The van der Waals surface area contributed by atoms with Gasteiger partial charge in [-0.05, 0) is 48.5 Å². The van der Waals surface area contributed by atoms with Crippen LogP contribution in [0.15, 0.2) is 66.7 Å². The molecule has 1 aliphatic rings. The Morgan fingerprint density at radius 2 is 1.66 bits per heavy atom. The smallest absolute Gasteiger partial charge is 0.258 e. The van der Waals surface area contributed by atoms with Crippen molar-refractivity contribution in [3.63, 3.8) is 0 Å². The molecule has 3 aromatic carbocycles. The van der Waals surface area contributed by atoms with Crippen LogP contribution in [0.4, 0.5) is 20.2 Å². The van der Waals surface area contributed by atoms with Gasteiger partial charge in [-0.25, -0.2) is 8.78 Å². The number of anilines is 2. The maximum absolute atomic E-state index is 14.0. The molecule has 0 bridgehead atoms. The van der Waals surface area contributed by atoms with Crippen LogP contribution in [-0.2, 0) is 6.54 Å². The first-order valence-corrected chi connectivity index (χ1v) is 10.4. The number of hydrogen-bond acceptors (Lipinski definition) is 4. The fraction of sp³-hybridized carbons (Fsp3) is 0.200. The third-order valence-corrected chi connectivity index (χ3v) is 5.56. The average molecular weight is 432 g/mol. The van der Waals surface area contributed by atoms with E-state index in [1.165, 1.54) is 18.2 Å². The molecule has 0 aliphatic carbocycles. The number of nitrogens with one attached hydrogen (secondary N) is 1. The Labute approximate surface area is 185 Å². The normalized spacial score (nSPS) is 14.1. The standard InChI is InChI=1S/C25H22F2N4O/c26-23-4-2-1-3-19(23)17-30-11-13-31(14-12-30)21-8-6-20(7-9-21)29-25(32)22-10-5-18(16-28)15-24(22)27/h1-10,15H,11-14,17H2,(H,29,32). The highest BCUT2D eigenvalue weighted by atomic mass is 19.1. The summed E-state index contributed by atoms with van der Waals surface area (Å²) in [5.41, 5.74) is 2.34. The Morgan fingerprint density at radius 3 is 2.31 bits per heavy atom. The first-order chi connectivity index (χ1) is 15.5. The number of nitrogens with zero attached hydrogens (tertiary/aromatic N) is 3. The second-order valence-electron chi connectivity index (χ2n) is 7.66. The molecule has 1 heterocycles. The molecule has 0 spiro atoms. The van der Waals surface area contributed by atoms with Crippen molar-refractivity contribution in [1.82, 2.24) is 4.90 Å². The number of piperazine rings is 1. The van der Waals surface area contributed by atoms with Crippen molar-refractivity contribution < 1.29 is 13.6 Å². The van der Waals surface area contributed by atoms with Gasteiger partial charge in [-0.3, -0.25) is 9.69 Å². The number of carbonyl (C=O) groups excluding carboxylic acids is 1. The van der Waals surface area contributed by atoms with E-state index in [1.807, 2.05) is 30.3 Å². The van der Waals surface area contributed by atoms with Crippen LogP contribution in [0.3, 0.4) is 0 Å². The molecule has 1 saturated heterocycles. The molecule has 0 saturated carbocycles. The van der Waals surface area contributed by atoms with Gasteiger partial charge in [-0.15, -0.1) is 0 Å². The fourth-order valence-electron chi connectivity index (χ4n) is 3.75. The summed E-state index contributed by atoms with van der Waals surface area (Å²) in [5, 5.41) is 11.5. The van der Waals surface area contributed by atoms with Crippen LogP contribution in [0.1, 0.15) is 21.5 Å². The zero-order chi connectivity index (χ0) is 22.5. The van der Waals surface area contributed by atoms with Gasteiger partial charge < -0.3 is 10.2 Å². The summed E-state index contributed by atoms with van der Waals surface area (Å²) >= 11 is 0. The summed E-state index contributed by atoms with van der Waals surface area (Å²) in [6.45, 7) is 3.88. The Balaban J connectivity index is 1.33. The molecule has 0 atom stereocenters. The van der Waals surface area contributed by atoms with Crippen molar-refractivity contribution in [2.45, 2.75) is 6.54 Å². The summed E-state index contributed by atoms with van der Waals surface area (Å²) in [6.07, 6.45) is 0. The van der Waals surface area contributed by atoms with Gasteiger partial charge in [0.05, 0.1) is 17.2 Å². The molecule has 7 heteroatoms. The minimum absolute atomic E-state index is 0.112. The van der Waals surface area contributed by atoms with Gasteiger partial charge in [0, 0.05) is 49.7 Å². The van der Waals surface area contributed by atoms with Crippen LogP contribution >= 0.6 is 0 Å². The van der Waals surface area contributed by atoms with E-state index in [0.29, 0.717) is 17.8 Å². The van der Waals surface area contributed by atoms with E-state index in [1.54, 1.807) is 18.2 Å². The topological polar surface area (TPSA) is 59.4 Å². The lowest BCUT2D eigenvalue weighted by Crippen LogP contribution is -2.46. The molecule has 4 rings (SSSR count). The van der Waals surface area contributed by atoms with Gasteiger partial charge >= 0.3 is 0 Å². The van der Waals surface area contributed by atoms with Crippen molar-refractivity contribution in [3.8, 4) is 6.07 Å². The summed E-state index contributed by atoms with van der Waals surface area (Å²) < 4.78 is 27.9. The van der Waals surface area contributed by atoms with E-state index < -0.39 is 11.7 Å². The average Bonchev–Trinajstić information content (AvgIpc) is 2.81. The SMILES string of the molecule is N#Cc1ccc(C(=O)Nc2ccc(N3CCN(Cc4ccccc4F)CC3)cc2)c(F)c1. The zero-order valence-corrected chi connectivity index (χ0v) is 17.4. The highest BCUT2D eigenvalue weighted by molar-refractivity contribution is 6.04. The Bertz CT molecular complexity index is 1150. The quantitative estimate of drug-likeness (QED) is 0.649. The molecule has 0 radical (unpaired) electrons. The van der Waals surface area contributed by atoms with E-state index in [4.69, 9.17) is 5.26 Å².